The molecule has 7 nitrogen and oxygen atoms in total. The van der Waals surface area contributed by atoms with E-state index < -0.39 is 5.97 Å². The van der Waals surface area contributed by atoms with Gasteiger partial charge in [0.05, 0.1) is 11.8 Å². The van der Waals surface area contributed by atoms with Gasteiger partial charge in [-0.25, -0.2) is 0 Å². The van der Waals surface area contributed by atoms with Crippen LogP contribution in [0.4, 0.5) is 5.69 Å². The highest BCUT2D eigenvalue weighted by Crippen LogP contribution is 2.60. The number of likely N-dealkylation sites (tertiary alicyclic amines) is 1. The summed E-state index contributed by atoms with van der Waals surface area (Å²) < 4.78 is 5.14. The lowest BCUT2D eigenvalue weighted by atomic mass is 9.55. The number of hydrogen-bond acceptors (Lipinski definition) is 5. The fourth-order valence-corrected chi connectivity index (χ4v) is 7.14. The van der Waals surface area contributed by atoms with E-state index in [1.807, 2.05) is 56.3 Å². The van der Waals surface area contributed by atoms with Crippen LogP contribution in [0.3, 0.4) is 0 Å². The first-order valence-electron chi connectivity index (χ1n) is 14.4. The summed E-state index contributed by atoms with van der Waals surface area (Å²) in [6.45, 7) is 3.92. The van der Waals surface area contributed by atoms with Crippen LogP contribution in [0.25, 0.3) is 0 Å². The van der Waals surface area contributed by atoms with Crippen LogP contribution in [-0.4, -0.2) is 41.7 Å². The fraction of sp³-hybridized carbons (Fsp3) is 0.353. The number of unbranched alkanes of at least 4 members (excludes halogenated alkanes) is 2. The van der Waals surface area contributed by atoms with Crippen molar-refractivity contribution in [3.63, 3.8) is 0 Å². The van der Waals surface area contributed by atoms with Crippen LogP contribution >= 0.6 is 0 Å². The van der Waals surface area contributed by atoms with Crippen molar-refractivity contribution in [2.24, 2.45) is 11.8 Å². The summed E-state index contributed by atoms with van der Waals surface area (Å²) in [7, 11) is 0. The second-order valence-corrected chi connectivity index (χ2v) is 11.5. The van der Waals surface area contributed by atoms with Crippen LogP contribution in [0.1, 0.15) is 70.9 Å². The van der Waals surface area contributed by atoms with Crippen molar-refractivity contribution >= 4 is 29.4 Å². The zero-order chi connectivity index (χ0) is 28.7. The molecular formula is C34H34N2O5. The van der Waals surface area contributed by atoms with E-state index in [9.17, 15) is 19.2 Å². The summed E-state index contributed by atoms with van der Waals surface area (Å²) in [5.41, 5.74) is 7.42. The Morgan fingerprint density at radius 2 is 1.27 bits per heavy atom. The van der Waals surface area contributed by atoms with E-state index in [1.54, 1.807) is 0 Å². The quantitative estimate of drug-likeness (QED) is 0.224. The lowest BCUT2D eigenvalue weighted by Crippen LogP contribution is -2.41. The number of esters is 1. The number of nitrogens with one attached hydrogen (secondary N) is 1. The minimum atomic E-state index is -0.438. The SMILES string of the molecule is Cc1cc(C)cc(NC(=O)COC(=O)CCCCCN2C(=O)[C@@H]3C4c5ccccc5C(c5ccccc54)[C@@H]3C2=O)c1. The van der Waals surface area contributed by atoms with Crippen molar-refractivity contribution in [1.29, 1.82) is 0 Å². The van der Waals surface area contributed by atoms with Gasteiger partial charge < -0.3 is 10.1 Å². The van der Waals surface area contributed by atoms with Crippen LogP contribution in [0, 0.1) is 25.7 Å². The number of carbonyl (C=O) groups excluding carboxylic acids is 4. The molecule has 3 amide bonds. The maximum atomic E-state index is 13.6. The molecule has 1 saturated heterocycles. The number of benzene rings is 3. The molecule has 0 unspecified atom stereocenters. The third-order valence-corrected chi connectivity index (χ3v) is 8.67. The summed E-state index contributed by atoms with van der Waals surface area (Å²) in [5.74, 6) is -1.88. The van der Waals surface area contributed by atoms with E-state index in [4.69, 9.17) is 4.74 Å². The van der Waals surface area contributed by atoms with E-state index in [1.165, 1.54) is 27.2 Å². The predicted octanol–water partition coefficient (Wildman–Crippen LogP) is 5.24. The number of amides is 3. The zero-order valence-electron chi connectivity index (χ0n) is 23.4. The molecule has 1 heterocycles. The molecule has 0 radical (unpaired) electrons. The van der Waals surface area contributed by atoms with Crippen molar-refractivity contribution in [3.05, 3.63) is 100 Å². The summed E-state index contributed by atoms with van der Waals surface area (Å²) >= 11 is 0. The van der Waals surface area contributed by atoms with Gasteiger partial charge in [0.1, 0.15) is 0 Å². The monoisotopic (exact) mass is 550 g/mol. The van der Waals surface area contributed by atoms with Gasteiger partial charge in [0.15, 0.2) is 6.61 Å². The Bertz CT molecular complexity index is 1410. The second-order valence-electron chi connectivity index (χ2n) is 11.5. The average Bonchev–Trinajstić information content (AvgIpc) is 3.21. The van der Waals surface area contributed by atoms with Gasteiger partial charge in [0.25, 0.3) is 5.91 Å². The molecule has 7 rings (SSSR count). The van der Waals surface area contributed by atoms with Gasteiger partial charge in [-0.3, -0.25) is 24.1 Å². The van der Waals surface area contributed by atoms with Crippen LogP contribution in [0.2, 0.25) is 0 Å². The standard InChI is InChI=1S/C34H34N2O5/c1-20-16-21(2)18-22(17-20)35-27(37)19-41-28(38)14-4-3-9-15-36-33(39)31-29-23-10-5-6-11-24(23)30(32(31)34(36)40)26-13-8-7-12-25(26)29/h5-8,10-13,16-18,29-32H,3-4,9,14-15,19H2,1-2H3,(H,35,37)/t29?,30?,31-,32+. The smallest absolute Gasteiger partial charge is 0.306 e. The highest BCUT2D eigenvalue weighted by atomic mass is 16.5. The van der Waals surface area contributed by atoms with Crippen molar-refractivity contribution in [2.45, 2.75) is 51.4 Å². The Labute approximate surface area is 239 Å². The molecule has 2 bridgehead atoms. The molecule has 3 aromatic carbocycles. The van der Waals surface area contributed by atoms with Gasteiger partial charge in [0.2, 0.25) is 11.8 Å². The minimum Gasteiger partial charge on any atom is -0.456 e. The maximum Gasteiger partial charge on any atom is 0.306 e. The minimum absolute atomic E-state index is 0.0757. The van der Waals surface area contributed by atoms with Gasteiger partial charge >= 0.3 is 5.97 Å². The first-order chi connectivity index (χ1) is 19.8. The van der Waals surface area contributed by atoms with Gasteiger partial charge in [0, 0.05) is 30.5 Å². The summed E-state index contributed by atoms with van der Waals surface area (Å²) in [6, 6.07) is 22.2. The van der Waals surface area contributed by atoms with E-state index in [0.29, 0.717) is 31.5 Å². The van der Waals surface area contributed by atoms with Gasteiger partial charge in [-0.05, 0) is 72.2 Å². The van der Waals surface area contributed by atoms with Crippen molar-refractivity contribution < 1.29 is 23.9 Å². The second kappa shape index (κ2) is 11.0. The average molecular weight is 551 g/mol. The zero-order valence-corrected chi connectivity index (χ0v) is 23.4. The largest absolute Gasteiger partial charge is 0.456 e. The Hall–Kier alpha value is -4.26. The highest BCUT2D eigenvalue weighted by Gasteiger charge is 2.61. The Kier molecular flexibility index (Phi) is 7.20. The number of anilines is 1. The molecule has 3 aliphatic carbocycles. The van der Waals surface area contributed by atoms with Gasteiger partial charge in [-0.1, -0.05) is 61.0 Å². The van der Waals surface area contributed by atoms with E-state index in [2.05, 4.69) is 29.6 Å². The molecule has 3 aromatic rings. The Balaban J connectivity index is 0.996. The molecule has 4 aliphatic rings. The topological polar surface area (TPSA) is 92.8 Å². The summed E-state index contributed by atoms with van der Waals surface area (Å²) in [5, 5.41) is 2.75. The predicted molar refractivity (Wildman–Crippen MR) is 154 cm³/mol. The molecule has 0 saturated carbocycles. The molecule has 1 fully saturated rings. The molecule has 0 spiro atoms. The van der Waals surface area contributed by atoms with Crippen LogP contribution in [-0.2, 0) is 23.9 Å². The lowest BCUT2D eigenvalue weighted by Gasteiger charge is -2.45. The van der Waals surface area contributed by atoms with Crippen molar-refractivity contribution in [1.82, 2.24) is 4.90 Å². The van der Waals surface area contributed by atoms with Crippen LogP contribution in [0.5, 0.6) is 0 Å². The normalized spacial score (nSPS) is 21.8. The van der Waals surface area contributed by atoms with E-state index in [0.717, 1.165) is 11.1 Å². The number of aryl methyl sites for hydroxylation is 2. The summed E-state index contributed by atoms with van der Waals surface area (Å²) in [6.07, 6.45) is 2.03. The number of imide groups is 1. The Morgan fingerprint density at radius 1 is 0.756 bits per heavy atom. The number of rotatable bonds is 9. The molecule has 1 aliphatic heterocycles. The fourth-order valence-electron chi connectivity index (χ4n) is 7.14. The third-order valence-electron chi connectivity index (χ3n) is 8.67. The van der Waals surface area contributed by atoms with Crippen LogP contribution < -0.4 is 5.32 Å². The van der Waals surface area contributed by atoms with Crippen LogP contribution in [0.15, 0.2) is 66.7 Å². The third kappa shape index (κ3) is 4.94. The Morgan fingerprint density at radius 3 is 1.78 bits per heavy atom. The number of hydrogen-bond donors (Lipinski definition) is 1. The molecule has 210 valence electrons. The van der Waals surface area contributed by atoms with Crippen molar-refractivity contribution in [3.8, 4) is 0 Å². The first-order valence-corrected chi connectivity index (χ1v) is 14.4. The summed E-state index contributed by atoms with van der Waals surface area (Å²) in [4.78, 5) is 53.1. The molecule has 41 heavy (non-hydrogen) atoms. The van der Waals surface area contributed by atoms with Gasteiger partial charge in [-0.15, -0.1) is 0 Å². The van der Waals surface area contributed by atoms with Crippen molar-refractivity contribution in [2.75, 3.05) is 18.5 Å². The van der Waals surface area contributed by atoms with E-state index >= 15 is 0 Å². The maximum absolute atomic E-state index is 13.6. The number of nitrogens with zero attached hydrogens (tertiary/aromatic N) is 1. The molecule has 1 N–H and O–H groups in total. The molecule has 2 atom stereocenters. The molecule has 7 heteroatoms. The highest BCUT2D eigenvalue weighted by molar-refractivity contribution is 6.07. The molecular weight excluding hydrogens is 516 g/mol. The van der Waals surface area contributed by atoms with E-state index in [-0.39, 0.29) is 54.4 Å². The first kappa shape index (κ1) is 26.9. The van der Waals surface area contributed by atoms with Gasteiger partial charge in [-0.2, -0.15) is 0 Å². The lowest BCUT2D eigenvalue weighted by molar-refractivity contribution is -0.147. The number of ether oxygens (including phenoxy) is 1. The number of carbonyl (C=O) groups is 4. The molecule has 0 aromatic heterocycles.